The van der Waals surface area contributed by atoms with Gasteiger partial charge in [0.1, 0.15) is 22.4 Å². The number of furan rings is 1. The Bertz CT molecular complexity index is 1050. The normalized spacial score (nSPS) is 18.6. The molecule has 2 atom stereocenters. The SMILES string of the molecule is O=C(NCc1ccco1)c1nn2c(c1Cl)N[C@H](c1ccc(F)cc1)C[C@H]2C(F)(F)F. The summed E-state index contributed by atoms with van der Waals surface area (Å²) in [5, 5.41) is 9.02. The lowest BCUT2D eigenvalue weighted by molar-refractivity contribution is -0.173. The minimum atomic E-state index is -4.63. The van der Waals surface area contributed by atoms with E-state index >= 15 is 0 Å². The number of nitrogens with zero attached hydrogens (tertiary/aromatic N) is 2. The number of benzene rings is 1. The molecule has 0 saturated heterocycles. The van der Waals surface area contributed by atoms with E-state index in [1.165, 1.54) is 30.5 Å². The first-order chi connectivity index (χ1) is 14.2. The average Bonchev–Trinajstić information content (AvgIpc) is 3.33. The molecule has 4 rings (SSSR count). The maximum Gasteiger partial charge on any atom is 0.410 e. The Kier molecular flexibility index (Phi) is 5.19. The number of carbonyl (C=O) groups is 1. The molecule has 30 heavy (non-hydrogen) atoms. The number of aromatic nitrogens is 2. The number of carbonyl (C=O) groups excluding carboxylic acids is 1. The Labute approximate surface area is 172 Å². The molecule has 0 fully saturated rings. The molecule has 1 amide bonds. The van der Waals surface area contributed by atoms with E-state index < -0.39 is 36.4 Å². The van der Waals surface area contributed by atoms with Gasteiger partial charge in [-0.15, -0.1) is 0 Å². The highest BCUT2D eigenvalue weighted by atomic mass is 35.5. The summed E-state index contributed by atoms with van der Waals surface area (Å²) in [6.07, 6.45) is -3.60. The lowest BCUT2D eigenvalue weighted by Gasteiger charge is -2.33. The molecule has 0 saturated carbocycles. The second-order valence-electron chi connectivity index (χ2n) is 6.76. The molecule has 0 radical (unpaired) electrons. The number of nitrogens with one attached hydrogen (secondary N) is 2. The first-order valence-electron chi connectivity index (χ1n) is 8.91. The molecule has 1 aliphatic heterocycles. The monoisotopic (exact) mass is 442 g/mol. The highest BCUT2D eigenvalue weighted by Gasteiger charge is 2.47. The van der Waals surface area contributed by atoms with Gasteiger partial charge in [0.05, 0.1) is 18.8 Å². The topological polar surface area (TPSA) is 72.1 Å². The summed E-state index contributed by atoms with van der Waals surface area (Å²) < 4.78 is 60.2. The van der Waals surface area contributed by atoms with E-state index in [4.69, 9.17) is 16.0 Å². The third-order valence-corrected chi connectivity index (χ3v) is 5.14. The molecular weight excluding hydrogens is 428 g/mol. The van der Waals surface area contributed by atoms with Gasteiger partial charge in [-0.2, -0.15) is 18.3 Å². The first-order valence-corrected chi connectivity index (χ1v) is 9.29. The molecule has 11 heteroatoms. The largest absolute Gasteiger partial charge is 0.467 e. The van der Waals surface area contributed by atoms with E-state index in [0.717, 1.165) is 0 Å². The van der Waals surface area contributed by atoms with Gasteiger partial charge in [0.2, 0.25) is 0 Å². The maximum atomic E-state index is 13.7. The highest BCUT2D eigenvalue weighted by Crippen LogP contribution is 2.46. The predicted molar refractivity (Wildman–Crippen MR) is 99.6 cm³/mol. The fraction of sp³-hybridized carbons (Fsp3) is 0.263. The van der Waals surface area contributed by atoms with E-state index in [-0.39, 0.29) is 23.1 Å². The Morgan fingerprint density at radius 3 is 2.67 bits per heavy atom. The Hall–Kier alpha value is -3.01. The Morgan fingerprint density at radius 2 is 2.03 bits per heavy atom. The van der Waals surface area contributed by atoms with Crippen molar-refractivity contribution >= 4 is 23.3 Å². The van der Waals surface area contributed by atoms with Crippen LogP contribution < -0.4 is 10.6 Å². The van der Waals surface area contributed by atoms with Crippen LogP contribution in [0.2, 0.25) is 5.02 Å². The Balaban J connectivity index is 1.65. The number of hydrogen-bond acceptors (Lipinski definition) is 4. The molecule has 0 aliphatic carbocycles. The molecule has 0 bridgehead atoms. The van der Waals surface area contributed by atoms with Crippen molar-refractivity contribution in [2.75, 3.05) is 5.32 Å². The summed E-state index contributed by atoms with van der Waals surface area (Å²) in [5.74, 6) is -0.895. The predicted octanol–water partition coefficient (Wildman–Crippen LogP) is 4.86. The molecule has 0 unspecified atom stereocenters. The van der Waals surface area contributed by atoms with Crippen LogP contribution in [0.1, 0.15) is 40.3 Å². The van der Waals surface area contributed by atoms with Crippen LogP contribution in [0, 0.1) is 5.82 Å². The lowest BCUT2D eigenvalue weighted by Crippen LogP contribution is -2.35. The molecule has 1 aliphatic rings. The first kappa shape index (κ1) is 20.3. The van der Waals surface area contributed by atoms with E-state index in [1.807, 2.05) is 0 Å². The van der Waals surface area contributed by atoms with E-state index in [1.54, 1.807) is 12.1 Å². The second-order valence-corrected chi connectivity index (χ2v) is 7.14. The van der Waals surface area contributed by atoms with Crippen molar-refractivity contribution in [3.8, 4) is 0 Å². The van der Waals surface area contributed by atoms with E-state index in [9.17, 15) is 22.4 Å². The number of anilines is 1. The van der Waals surface area contributed by atoms with Gasteiger partial charge in [-0.3, -0.25) is 4.79 Å². The molecule has 3 aromatic rings. The summed E-state index contributed by atoms with van der Waals surface area (Å²) in [5.41, 5.74) is 0.123. The standard InChI is InChI=1S/C19H15ClF4N4O2/c20-15-16(18(29)25-9-12-2-1-7-30-12)27-28-14(19(22,23)24)8-13(26-17(15)28)10-3-5-11(21)6-4-10/h1-7,13-14,26H,8-9H2,(H,25,29)/t13-,14-/m0/s1. The molecule has 6 nitrogen and oxygen atoms in total. The Morgan fingerprint density at radius 1 is 1.30 bits per heavy atom. The second kappa shape index (κ2) is 7.67. The summed E-state index contributed by atoms with van der Waals surface area (Å²) in [4.78, 5) is 12.5. The number of halogens is 5. The summed E-state index contributed by atoms with van der Waals surface area (Å²) in [6.45, 7) is 0.0265. The molecule has 2 N–H and O–H groups in total. The van der Waals surface area contributed by atoms with Crippen molar-refractivity contribution in [2.24, 2.45) is 0 Å². The van der Waals surface area contributed by atoms with Crippen LogP contribution in [0.4, 0.5) is 23.4 Å². The van der Waals surface area contributed by atoms with Crippen molar-refractivity contribution in [3.05, 3.63) is 70.5 Å². The number of alkyl halides is 3. The van der Waals surface area contributed by atoms with Gasteiger partial charge < -0.3 is 15.1 Å². The number of rotatable bonds is 4. The van der Waals surface area contributed by atoms with Crippen molar-refractivity contribution < 1.29 is 26.8 Å². The van der Waals surface area contributed by atoms with Crippen LogP contribution >= 0.6 is 11.6 Å². The third kappa shape index (κ3) is 3.87. The summed E-state index contributed by atoms with van der Waals surface area (Å²) >= 11 is 6.23. The number of amides is 1. The fourth-order valence-corrected chi connectivity index (χ4v) is 3.58. The lowest BCUT2D eigenvalue weighted by atomic mass is 9.97. The molecule has 3 heterocycles. The van der Waals surface area contributed by atoms with Crippen LogP contribution in [0.15, 0.2) is 47.1 Å². The van der Waals surface area contributed by atoms with Gasteiger partial charge in [-0.25, -0.2) is 9.07 Å². The highest BCUT2D eigenvalue weighted by molar-refractivity contribution is 6.36. The molecular formula is C19H15ClF4N4O2. The minimum absolute atomic E-state index is 0.0265. The maximum absolute atomic E-state index is 13.7. The molecule has 1 aromatic carbocycles. The van der Waals surface area contributed by atoms with Gasteiger partial charge in [0, 0.05) is 6.42 Å². The van der Waals surface area contributed by atoms with Crippen molar-refractivity contribution in [3.63, 3.8) is 0 Å². The van der Waals surface area contributed by atoms with Crippen molar-refractivity contribution in [2.45, 2.75) is 31.2 Å². The van der Waals surface area contributed by atoms with Gasteiger partial charge >= 0.3 is 6.18 Å². The smallest absolute Gasteiger partial charge is 0.410 e. The zero-order valence-electron chi connectivity index (χ0n) is 15.2. The van der Waals surface area contributed by atoms with Crippen LogP contribution in [-0.4, -0.2) is 21.9 Å². The zero-order valence-corrected chi connectivity index (χ0v) is 16.0. The van der Waals surface area contributed by atoms with Crippen molar-refractivity contribution in [1.82, 2.24) is 15.1 Å². The zero-order chi connectivity index (χ0) is 21.5. The van der Waals surface area contributed by atoms with Gasteiger partial charge in [0.15, 0.2) is 11.7 Å². The van der Waals surface area contributed by atoms with E-state index in [2.05, 4.69) is 15.7 Å². The molecule has 0 spiro atoms. The molecule has 158 valence electrons. The van der Waals surface area contributed by atoms with Crippen molar-refractivity contribution in [1.29, 1.82) is 0 Å². The van der Waals surface area contributed by atoms with Gasteiger partial charge in [-0.1, -0.05) is 23.7 Å². The summed E-state index contributed by atoms with van der Waals surface area (Å²) in [6, 6.07) is 5.60. The van der Waals surface area contributed by atoms with Gasteiger partial charge in [0.25, 0.3) is 5.91 Å². The van der Waals surface area contributed by atoms with Gasteiger partial charge in [-0.05, 0) is 29.8 Å². The molecule has 2 aromatic heterocycles. The summed E-state index contributed by atoms with van der Waals surface area (Å²) in [7, 11) is 0. The quantitative estimate of drug-likeness (QED) is 0.566. The average molecular weight is 443 g/mol. The third-order valence-electron chi connectivity index (χ3n) is 4.79. The van der Waals surface area contributed by atoms with Crippen LogP contribution in [-0.2, 0) is 6.54 Å². The fourth-order valence-electron chi connectivity index (χ4n) is 3.31. The number of hydrogen-bond donors (Lipinski definition) is 2. The van der Waals surface area contributed by atoms with Crippen LogP contribution in [0.25, 0.3) is 0 Å². The van der Waals surface area contributed by atoms with Crippen LogP contribution in [0.5, 0.6) is 0 Å². The van der Waals surface area contributed by atoms with Crippen LogP contribution in [0.3, 0.4) is 0 Å². The van der Waals surface area contributed by atoms with E-state index in [0.29, 0.717) is 16.0 Å². The minimum Gasteiger partial charge on any atom is -0.467 e. The number of fused-ring (bicyclic) bond motifs is 1.